The highest BCUT2D eigenvalue weighted by Crippen LogP contribution is 2.14. The van der Waals surface area contributed by atoms with Gasteiger partial charge in [0, 0.05) is 12.2 Å². The van der Waals surface area contributed by atoms with E-state index in [2.05, 4.69) is 50.4 Å². The third kappa shape index (κ3) is 3.82. The fourth-order valence-electron chi connectivity index (χ4n) is 1.50. The second-order valence-electron chi connectivity index (χ2n) is 4.16. The summed E-state index contributed by atoms with van der Waals surface area (Å²) in [4.78, 5) is 0. The molecule has 0 aliphatic carbocycles. The Bertz CT molecular complexity index is 266. The molecule has 1 heteroatoms. The van der Waals surface area contributed by atoms with Crippen LogP contribution in [-0.2, 0) is 6.42 Å². The first-order valence-corrected chi connectivity index (χ1v) is 5.55. The van der Waals surface area contributed by atoms with Gasteiger partial charge in [-0.25, -0.2) is 0 Å². The van der Waals surface area contributed by atoms with Crippen LogP contribution in [0.3, 0.4) is 0 Å². The number of nitrogens with one attached hydrogen (secondary N) is 1. The summed E-state index contributed by atoms with van der Waals surface area (Å²) in [6.45, 7) is 7.66. The predicted molar refractivity (Wildman–Crippen MR) is 63.8 cm³/mol. The Morgan fingerprint density at radius 1 is 1.29 bits per heavy atom. The van der Waals surface area contributed by atoms with Crippen molar-refractivity contribution in [3.05, 3.63) is 29.8 Å². The molecule has 0 aliphatic heterocycles. The highest BCUT2D eigenvalue weighted by molar-refractivity contribution is 5.45. The van der Waals surface area contributed by atoms with Gasteiger partial charge < -0.3 is 5.32 Å². The lowest BCUT2D eigenvalue weighted by Crippen LogP contribution is -1.98. The standard InChI is InChI=1S/C13H21N/c1-4-14-13-7-5-6-12(10-13)9-8-11(2)3/h5-7,10-11,14H,4,8-9H2,1-3H3. The summed E-state index contributed by atoms with van der Waals surface area (Å²) in [5.41, 5.74) is 2.69. The van der Waals surface area contributed by atoms with E-state index in [9.17, 15) is 0 Å². The van der Waals surface area contributed by atoms with Crippen LogP contribution in [0.1, 0.15) is 32.8 Å². The zero-order valence-electron chi connectivity index (χ0n) is 9.51. The zero-order chi connectivity index (χ0) is 10.4. The number of hydrogen-bond acceptors (Lipinski definition) is 1. The first-order valence-electron chi connectivity index (χ1n) is 5.55. The van der Waals surface area contributed by atoms with E-state index in [1.807, 2.05) is 0 Å². The lowest BCUT2D eigenvalue weighted by molar-refractivity contribution is 0.587. The highest BCUT2D eigenvalue weighted by atomic mass is 14.8. The highest BCUT2D eigenvalue weighted by Gasteiger charge is 1.97. The zero-order valence-corrected chi connectivity index (χ0v) is 9.51. The van der Waals surface area contributed by atoms with Crippen molar-refractivity contribution in [1.82, 2.24) is 0 Å². The molecular weight excluding hydrogens is 170 g/mol. The average molecular weight is 191 g/mol. The van der Waals surface area contributed by atoms with Crippen LogP contribution in [0.15, 0.2) is 24.3 Å². The van der Waals surface area contributed by atoms with Gasteiger partial charge in [-0.05, 0) is 43.4 Å². The lowest BCUT2D eigenvalue weighted by atomic mass is 10.0. The van der Waals surface area contributed by atoms with Crippen molar-refractivity contribution < 1.29 is 0 Å². The SMILES string of the molecule is CCNc1cccc(CCC(C)C)c1. The van der Waals surface area contributed by atoms with Crippen LogP contribution >= 0.6 is 0 Å². The molecule has 0 amide bonds. The van der Waals surface area contributed by atoms with Gasteiger partial charge in [-0.15, -0.1) is 0 Å². The maximum Gasteiger partial charge on any atom is 0.0342 e. The molecule has 0 bridgehead atoms. The minimum atomic E-state index is 0.790. The largest absolute Gasteiger partial charge is 0.385 e. The Kier molecular flexibility index (Phi) is 4.51. The molecule has 1 aromatic carbocycles. The molecule has 0 fully saturated rings. The Hall–Kier alpha value is -0.980. The van der Waals surface area contributed by atoms with Crippen LogP contribution in [0.25, 0.3) is 0 Å². The molecule has 14 heavy (non-hydrogen) atoms. The van der Waals surface area contributed by atoms with Gasteiger partial charge >= 0.3 is 0 Å². The van der Waals surface area contributed by atoms with Crippen molar-refractivity contribution in [2.24, 2.45) is 5.92 Å². The molecule has 78 valence electrons. The monoisotopic (exact) mass is 191 g/mol. The van der Waals surface area contributed by atoms with E-state index in [-0.39, 0.29) is 0 Å². The van der Waals surface area contributed by atoms with Crippen LogP contribution in [0.2, 0.25) is 0 Å². The maximum absolute atomic E-state index is 3.34. The molecule has 1 N–H and O–H groups in total. The average Bonchev–Trinajstić information content (AvgIpc) is 2.16. The topological polar surface area (TPSA) is 12.0 Å². The van der Waals surface area contributed by atoms with Gasteiger partial charge in [-0.3, -0.25) is 0 Å². The molecule has 0 heterocycles. The minimum absolute atomic E-state index is 0.790. The number of anilines is 1. The summed E-state index contributed by atoms with van der Waals surface area (Å²) in [7, 11) is 0. The van der Waals surface area contributed by atoms with Gasteiger partial charge in [0.25, 0.3) is 0 Å². The first-order chi connectivity index (χ1) is 6.72. The van der Waals surface area contributed by atoms with Crippen molar-refractivity contribution in [2.75, 3.05) is 11.9 Å². The van der Waals surface area contributed by atoms with Gasteiger partial charge in [0.05, 0.1) is 0 Å². The fraction of sp³-hybridized carbons (Fsp3) is 0.538. The summed E-state index contributed by atoms with van der Waals surface area (Å²) >= 11 is 0. The fourth-order valence-corrected chi connectivity index (χ4v) is 1.50. The molecule has 0 radical (unpaired) electrons. The van der Waals surface area contributed by atoms with E-state index in [4.69, 9.17) is 0 Å². The second kappa shape index (κ2) is 5.69. The number of rotatable bonds is 5. The third-order valence-electron chi connectivity index (χ3n) is 2.32. The Labute approximate surface area is 87.5 Å². The Morgan fingerprint density at radius 3 is 2.71 bits per heavy atom. The molecule has 1 aromatic rings. The molecule has 0 spiro atoms. The van der Waals surface area contributed by atoms with Crippen LogP contribution in [0.5, 0.6) is 0 Å². The second-order valence-corrected chi connectivity index (χ2v) is 4.16. The first kappa shape index (κ1) is 11.1. The quantitative estimate of drug-likeness (QED) is 0.748. The third-order valence-corrected chi connectivity index (χ3v) is 2.32. The summed E-state index contributed by atoms with van der Waals surface area (Å²) in [5.74, 6) is 0.790. The van der Waals surface area contributed by atoms with Crippen molar-refractivity contribution in [2.45, 2.75) is 33.6 Å². The molecule has 0 atom stereocenters. The van der Waals surface area contributed by atoms with E-state index in [0.29, 0.717) is 0 Å². The Balaban J connectivity index is 2.54. The van der Waals surface area contributed by atoms with Gasteiger partial charge in [-0.2, -0.15) is 0 Å². The molecule has 0 saturated heterocycles. The van der Waals surface area contributed by atoms with Crippen molar-refractivity contribution >= 4 is 5.69 Å². The van der Waals surface area contributed by atoms with Crippen LogP contribution in [-0.4, -0.2) is 6.54 Å². The van der Waals surface area contributed by atoms with Gasteiger partial charge in [0.2, 0.25) is 0 Å². The van der Waals surface area contributed by atoms with Crippen LogP contribution in [0, 0.1) is 5.92 Å². The van der Waals surface area contributed by atoms with Crippen LogP contribution < -0.4 is 5.32 Å². The summed E-state index contributed by atoms with van der Waals surface area (Å²) in [6, 6.07) is 8.73. The summed E-state index contributed by atoms with van der Waals surface area (Å²) in [6.07, 6.45) is 2.46. The normalized spacial score (nSPS) is 10.6. The number of benzene rings is 1. The van der Waals surface area contributed by atoms with E-state index >= 15 is 0 Å². The summed E-state index contributed by atoms with van der Waals surface area (Å²) in [5, 5.41) is 3.34. The minimum Gasteiger partial charge on any atom is -0.385 e. The van der Waals surface area contributed by atoms with Gasteiger partial charge in [-0.1, -0.05) is 26.0 Å². The van der Waals surface area contributed by atoms with E-state index in [1.165, 1.54) is 24.1 Å². The van der Waals surface area contributed by atoms with Crippen LogP contribution in [0.4, 0.5) is 5.69 Å². The van der Waals surface area contributed by atoms with Crippen molar-refractivity contribution in [3.63, 3.8) is 0 Å². The van der Waals surface area contributed by atoms with Crippen molar-refractivity contribution in [3.8, 4) is 0 Å². The maximum atomic E-state index is 3.34. The van der Waals surface area contributed by atoms with E-state index in [0.717, 1.165) is 12.5 Å². The number of hydrogen-bond donors (Lipinski definition) is 1. The molecule has 1 rings (SSSR count). The van der Waals surface area contributed by atoms with E-state index in [1.54, 1.807) is 0 Å². The molecular formula is C13H21N. The van der Waals surface area contributed by atoms with Crippen molar-refractivity contribution in [1.29, 1.82) is 0 Å². The Morgan fingerprint density at radius 2 is 2.07 bits per heavy atom. The molecule has 0 saturated carbocycles. The summed E-state index contributed by atoms with van der Waals surface area (Å²) < 4.78 is 0. The van der Waals surface area contributed by atoms with Gasteiger partial charge in [0.1, 0.15) is 0 Å². The molecule has 0 unspecified atom stereocenters. The molecule has 1 nitrogen and oxygen atoms in total. The predicted octanol–water partition coefficient (Wildman–Crippen LogP) is 3.71. The van der Waals surface area contributed by atoms with E-state index < -0.39 is 0 Å². The lowest BCUT2D eigenvalue weighted by Gasteiger charge is -2.07. The number of aryl methyl sites for hydroxylation is 1. The molecule has 0 aromatic heterocycles. The van der Waals surface area contributed by atoms with Gasteiger partial charge in [0.15, 0.2) is 0 Å². The molecule has 0 aliphatic rings. The smallest absolute Gasteiger partial charge is 0.0342 e.